The molecule has 4 unspecified atom stereocenters. The Kier molecular flexibility index (Phi) is 3.41. The molecule has 0 aromatic heterocycles. The van der Waals surface area contributed by atoms with Crippen molar-refractivity contribution in [3.8, 4) is 0 Å². The maximum absolute atomic E-state index is 12.8. The molecule has 5 rings (SSSR count). The molecular weight excluding hydrogens is 305 g/mol. The number of nitrogens with zero attached hydrogens (tertiary/aromatic N) is 2. The molecule has 4 fully saturated rings. The number of hydrogen-bond acceptors (Lipinski definition) is 2. The van der Waals surface area contributed by atoms with Gasteiger partial charge in [-0.3, -0.25) is 4.79 Å². The van der Waals surface area contributed by atoms with E-state index in [9.17, 15) is 18.0 Å². The number of fused-ring (bicyclic) bond motifs is 1. The molecule has 0 radical (unpaired) electrons. The van der Waals surface area contributed by atoms with Crippen LogP contribution in [-0.4, -0.2) is 47.9 Å². The van der Waals surface area contributed by atoms with Gasteiger partial charge >= 0.3 is 6.18 Å². The van der Waals surface area contributed by atoms with Gasteiger partial charge in [-0.2, -0.15) is 13.2 Å². The van der Waals surface area contributed by atoms with Gasteiger partial charge in [0, 0.05) is 37.8 Å². The molecule has 4 atom stereocenters. The molecule has 4 heterocycles. The summed E-state index contributed by atoms with van der Waals surface area (Å²) in [5.41, 5.74) is -0.356. The van der Waals surface area contributed by atoms with E-state index in [1.54, 1.807) is 0 Å². The van der Waals surface area contributed by atoms with E-state index in [1.807, 2.05) is 4.90 Å². The van der Waals surface area contributed by atoms with Gasteiger partial charge in [0.15, 0.2) is 0 Å². The maximum atomic E-state index is 12.8. The Morgan fingerprint density at radius 3 is 2.30 bits per heavy atom. The monoisotopic (exact) mass is 324 g/mol. The molecule has 4 bridgehead atoms. The maximum Gasteiger partial charge on any atom is 0.416 e. The number of alkyl halides is 3. The molecule has 0 saturated carbocycles. The summed E-state index contributed by atoms with van der Waals surface area (Å²) in [4.78, 5) is 17.2. The summed E-state index contributed by atoms with van der Waals surface area (Å²) in [7, 11) is 0. The van der Waals surface area contributed by atoms with Gasteiger partial charge < -0.3 is 9.80 Å². The van der Waals surface area contributed by atoms with Gasteiger partial charge in [0.25, 0.3) is 5.91 Å². The normalized spacial score (nSPS) is 32.9. The number of hydrogen-bond donors (Lipinski definition) is 0. The molecule has 4 saturated heterocycles. The van der Waals surface area contributed by atoms with E-state index in [0.717, 1.165) is 44.7 Å². The zero-order valence-corrected chi connectivity index (χ0v) is 12.7. The summed E-state index contributed by atoms with van der Waals surface area (Å²) in [5.74, 6) is 1.04. The Balaban J connectivity index is 1.57. The number of rotatable bonds is 1. The third-order valence-electron chi connectivity index (χ3n) is 5.39. The molecule has 1 amide bonds. The van der Waals surface area contributed by atoms with Crippen LogP contribution in [0.1, 0.15) is 28.8 Å². The van der Waals surface area contributed by atoms with E-state index in [-0.39, 0.29) is 11.9 Å². The Morgan fingerprint density at radius 1 is 0.957 bits per heavy atom. The summed E-state index contributed by atoms with van der Waals surface area (Å²) in [6.07, 6.45) is -2.17. The highest BCUT2D eigenvalue weighted by molar-refractivity contribution is 5.94. The largest absolute Gasteiger partial charge is 0.416 e. The molecule has 4 aliphatic rings. The van der Waals surface area contributed by atoms with Crippen LogP contribution in [0.15, 0.2) is 24.3 Å². The van der Waals surface area contributed by atoms with Crippen LogP contribution in [0.2, 0.25) is 0 Å². The second-order valence-corrected chi connectivity index (χ2v) is 7.11. The van der Waals surface area contributed by atoms with Crippen LogP contribution in [0, 0.1) is 11.8 Å². The van der Waals surface area contributed by atoms with E-state index in [1.165, 1.54) is 18.6 Å². The van der Waals surface area contributed by atoms with Crippen molar-refractivity contribution >= 4 is 5.91 Å². The highest BCUT2D eigenvalue weighted by atomic mass is 19.4. The van der Waals surface area contributed by atoms with Gasteiger partial charge in [-0.1, -0.05) is 0 Å². The number of carbonyl (C=O) groups excluding carboxylic acids is 1. The molecule has 0 spiro atoms. The van der Waals surface area contributed by atoms with Crippen LogP contribution in [0.5, 0.6) is 0 Å². The zero-order valence-electron chi connectivity index (χ0n) is 12.7. The average molecular weight is 324 g/mol. The fourth-order valence-electron chi connectivity index (χ4n) is 4.50. The number of carbonyl (C=O) groups is 1. The first-order valence-corrected chi connectivity index (χ1v) is 8.11. The lowest BCUT2D eigenvalue weighted by atomic mass is 9.84. The molecule has 0 aliphatic carbocycles. The summed E-state index contributed by atoms with van der Waals surface area (Å²) in [6, 6.07) is 4.81. The van der Waals surface area contributed by atoms with Crippen LogP contribution in [-0.2, 0) is 6.18 Å². The van der Waals surface area contributed by atoms with Crippen LogP contribution in [0.3, 0.4) is 0 Å². The van der Waals surface area contributed by atoms with Crippen molar-refractivity contribution in [2.75, 3.05) is 26.2 Å². The van der Waals surface area contributed by atoms with Crippen molar-refractivity contribution in [1.82, 2.24) is 9.80 Å². The molecule has 1 aromatic rings. The summed E-state index contributed by atoms with van der Waals surface area (Å²) in [6.45, 7) is 3.82. The van der Waals surface area contributed by atoms with E-state index < -0.39 is 11.7 Å². The summed E-state index contributed by atoms with van der Waals surface area (Å²) in [5, 5.41) is 0. The predicted molar refractivity (Wildman–Crippen MR) is 78.9 cm³/mol. The van der Waals surface area contributed by atoms with Gasteiger partial charge in [-0.25, -0.2) is 0 Å². The topological polar surface area (TPSA) is 23.6 Å². The number of halogens is 3. The molecule has 0 N–H and O–H groups in total. The van der Waals surface area contributed by atoms with Crippen molar-refractivity contribution in [2.45, 2.75) is 25.1 Å². The second kappa shape index (κ2) is 5.23. The molecule has 124 valence electrons. The van der Waals surface area contributed by atoms with Gasteiger partial charge in [0.2, 0.25) is 0 Å². The lowest BCUT2D eigenvalue weighted by molar-refractivity contribution is -0.137. The van der Waals surface area contributed by atoms with E-state index in [2.05, 4.69) is 4.90 Å². The van der Waals surface area contributed by atoms with Gasteiger partial charge in [-0.15, -0.1) is 0 Å². The minimum Gasteiger partial charge on any atom is -0.334 e. The number of amides is 1. The quantitative estimate of drug-likeness (QED) is 0.793. The highest BCUT2D eigenvalue weighted by Crippen LogP contribution is 2.37. The summed E-state index contributed by atoms with van der Waals surface area (Å²) >= 11 is 0. The molecule has 6 heteroatoms. The van der Waals surface area contributed by atoms with Crippen LogP contribution < -0.4 is 0 Å². The predicted octanol–water partition coefficient (Wildman–Crippen LogP) is 2.87. The number of benzene rings is 1. The Labute approximate surface area is 133 Å². The SMILES string of the molecule is O=C(c1ccc(C(F)(F)F)cc1)N1CC2CC3CC1CN(C3)C2. The average Bonchev–Trinajstić information content (AvgIpc) is 2.69. The van der Waals surface area contributed by atoms with Crippen molar-refractivity contribution in [1.29, 1.82) is 0 Å². The van der Waals surface area contributed by atoms with Crippen LogP contribution in [0.25, 0.3) is 0 Å². The Morgan fingerprint density at radius 2 is 1.65 bits per heavy atom. The number of piperidine rings is 2. The van der Waals surface area contributed by atoms with Crippen LogP contribution >= 0.6 is 0 Å². The second-order valence-electron chi connectivity index (χ2n) is 7.11. The molecule has 23 heavy (non-hydrogen) atoms. The third-order valence-corrected chi connectivity index (χ3v) is 5.39. The zero-order chi connectivity index (χ0) is 16.2. The fourth-order valence-corrected chi connectivity index (χ4v) is 4.50. The van der Waals surface area contributed by atoms with Gasteiger partial charge in [0.05, 0.1) is 5.56 Å². The standard InChI is InChI=1S/C17H19F3N2O/c18-17(19,20)14-3-1-13(2-4-14)16(23)22-9-12-5-11-6-15(22)10-21(7-11)8-12/h1-4,11-12,15H,5-10H2. The fraction of sp³-hybridized carbons (Fsp3) is 0.588. The van der Waals surface area contributed by atoms with E-state index in [0.29, 0.717) is 17.4 Å². The first kappa shape index (κ1) is 15.0. The highest BCUT2D eigenvalue weighted by Gasteiger charge is 2.43. The smallest absolute Gasteiger partial charge is 0.334 e. The Hall–Kier alpha value is -1.56. The van der Waals surface area contributed by atoms with Crippen molar-refractivity contribution in [3.63, 3.8) is 0 Å². The molecule has 4 aliphatic heterocycles. The van der Waals surface area contributed by atoms with Crippen molar-refractivity contribution < 1.29 is 18.0 Å². The first-order valence-electron chi connectivity index (χ1n) is 8.11. The Bertz CT molecular complexity index is 599. The van der Waals surface area contributed by atoms with Crippen molar-refractivity contribution in [2.24, 2.45) is 11.8 Å². The lowest BCUT2D eigenvalue weighted by Crippen LogP contribution is -2.50. The first-order chi connectivity index (χ1) is 10.9. The molecule has 3 nitrogen and oxygen atoms in total. The minimum atomic E-state index is -4.37. The van der Waals surface area contributed by atoms with Gasteiger partial charge in [-0.05, 0) is 48.9 Å². The minimum absolute atomic E-state index is 0.127. The van der Waals surface area contributed by atoms with Crippen LogP contribution in [0.4, 0.5) is 13.2 Å². The van der Waals surface area contributed by atoms with Crippen molar-refractivity contribution in [3.05, 3.63) is 35.4 Å². The summed E-state index contributed by atoms with van der Waals surface area (Å²) < 4.78 is 38.0. The lowest BCUT2D eigenvalue weighted by Gasteiger charge is -2.41. The van der Waals surface area contributed by atoms with Gasteiger partial charge in [0.1, 0.15) is 0 Å². The van der Waals surface area contributed by atoms with E-state index >= 15 is 0 Å². The molecular formula is C17H19F3N2O. The third kappa shape index (κ3) is 2.73. The molecule has 1 aromatic carbocycles. The van der Waals surface area contributed by atoms with E-state index in [4.69, 9.17) is 0 Å².